The third-order valence-corrected chi connectivity index (χ3v) is 5.46. The van der Waals surface area contributed by atoms with E-state index in [0.29, 0.717) is 24.2 Å². The SMILES string of the molecule is Cc1ccc(S(=O)(=O)ON2CCC2)cc1-c1ccc(C(C)(F)F)cc1. The zero-order valence-electron chi connectivity index (χ0n) is 14.0. The number of nitrogens with zero attached hydrogens (tertiary/aromatic N) is 1. The van der Waals surface area contributed by atoms with Crippen molar-refractivity contribution in [3.05, 3.63) is 53.6 Å². The van der Waals surface area contributed by atoms with E-state index in [1.807, 2.05) is 6.92 Å². The molecule has 1 heterocycles. The van der Waals surface area contributed by atoms with E-state index in [-0.39, 0.29) is 10.5 Å². The van der Waals surface area contributed by atoms with Gasteiger partial charge in [-0.3, -0.25) is 0 Å². The van der Waals surface area contributed by atoms with Gasteiger partial charge in [0.05, 0.1) is 4.90 Å². The molecule has 1 fully saturated rings. The highest BCUT2D eigenvalue weighted by molar-refractivity contribution is 7.86. The van der Waals surface area contributed by atoms with Crippen molar-refractivity contribution >= 4 is 10.1 Å². The molecule has 1 saturated heterocycles. The van der Waals surface area contributed by atoms with Gasteiger partial charge in [-0.2, -0.15) is 17.8 Å². The highest BCUT2D eigenvalue weighted by atomic mass is 32.2. The van der Waals surface area contributed by atoms with Crippen LogP contribution in [0.25, 0.3) is 11.1 Å². The van der Waals surface area contributed by atoms with Crippen LogP contribution in [0.3, 0.4) is 0 Å². The van der Waals surface area contributed by atoms with Crippen molar-refractivity contribution < 1.29 is 21.5 Å². The van der Waals surface area contributed by atoms with Crippen molar-refractivity contribution in [2.75, 3.05) is 13.1 Å². The van der Waals surface area contributed by atoms with Crippen LogP contribution in [0.15, 0.2) is 47.4 Å². The molecule has 134 valence electrons. The highest BCUT2D eigenvalue weighted by Gasteiger charge is 2.26. The van der Waals surface area contributed by atoms with Crippen molar-refractivity contribution in [3.63, 3.8) is 0 Å². The van der Waals surface area contributed by atoms with E-state index in [1.54, 1.807) is 18.2 Å². The molecule has 0 atom stereocenters. The Balaban J connectivity index is 1.94. The Bertz CT molecular complexity index is 870. The number of benzene rings is 2. The van der Waals surface area contributed by atoms with Crippen LogP contribution in [0, 0.1) is 6.92 Å². The predicted octanol–water partition coefficient (Wildman–Crippen LogP) is 4.10. The van der Waals surface area contributed by atoms with Gasteiger partial charge in [-0.15, -0.1) is 0 Å². The van der Waals surface area contributed by atoms with Crippen molar-refractivity contribution in [3.8, 4) is 11.1 Å². The molecule has 3 rings (SSSR count). The van der Waals surface area contributed by atoms with Crippen LogP contribution in [-0.4, -0.2) is 26.6 Å². The molecule has 0 N–H and O–H groups in total. The van der Waals surface area contributed by atoms with E-state index in [2.05, 4.69) is 0 Å². The largest absolute Gasteiger partial charge is 0.313 e. The number of hydrogen-bond acceptors (Lipinski definition) is 4. The van der Waals surface area contributed by atoms with E-state index < -0.39 is 16.0 Å². The Labute approximate surface area is 146 Å². The molecule has 7 heteroatoms. The number of aryl methyl sites for hydroxylation is 1. The van der Waals surface area contributed by atoms with Gasteiger partial charge in [0.15, 0.2) is 0 Å². The monoisotopic (exact) mass is 367 g/mol. The molecular formula is C18H19F2NO3S. The quantitative estimate of drug-likeness (QED) is 0.798. The Morgan fingerprint density at radius 3 is 2.24 bits per heavy atom. The van der Waals surface area contributed by atoms with Crippen molar-refractivity contribution in [1.29, 1.82) is 0 Å². The first-order chi connectivity index (χ1) is 11.7. The van der Waals surface area contributed by atoms with Crippen LogP contribution >= 0.6 is 0 Å². The number of halogens is 2. The standard InChI is InChI=1S/C18H19F2NO3S/c1-13-4-9-16(25(22,23)24-21-10-3-11-21)12-17(13)14-5-7-15(8-6-14)18(2,19)20/h4-9,12H,3,10-11H2,1-2H3. The normalized spacial score (nSPS) is 15.8. The second-order valence-electron chi connectivity index (χ2n) is 6.25. The molecule has 4 nitrogen and oxygen atoms in total. The minimum atomic E-state index is -3.89. The van der Waals surface area contributed by atoms with Gasteiger partial charge >= 0.3 is 10.1 Å². The molecule has 0 amide bonds. The maximum Gasteiger partial charge on any atom is 0.313 e. The number of hydroxylamine groups is 2. The number of hydrogen-bond donors (Lipinski definition) is 0. The van der Waals surface area contributed by atoms with E-state index in [4.69, 9.17) is 4.28 Å². The molecule has 0 spiro atoms. The molecule has 2 aromatic rings. The minimum Gasteiger partial charge on any atom is -0.202 e. The van der Waals surface area contributed by atoms with Gasteiger partial charge in [0.25, 0.3) is 5.92 Å². The van der Waals surface area contributed by atoms with Gasteiger partial charge in [0.1, 0.15) is 0 Å². The molecule has 0 aromatic heterocycles. The van der Waals surface area contributed by atoms with Gasteiger partial charge in [0.2, 0.25) is 0 Å². The smallest absolute Gasteiger partial charge is 0.202 e. The third kappa shape index (κ3) is 3.89. The molecular weight excluding hydrogens is 348 g/mol. The summed E-state index contributed by atoms with van der Waals surface area (Å²) in [5.74, 6) is -2.91. The average Bonchev–Trinajstić information content (AvgIpc) is 2.51. The summed E-state index contributed by atoms with van der Waals surface area (Å²) >= 11 is 0. The van der Waals surface area contributed by atoms with Crippen molar-refractivity contribution in [2.24, 2.45) is 0 Å². The van der Waals surface area contributed by atoms with E-state index in [0.717, 1.165) is 18.9 Å². The first-order valence-corrected chi connectivity index (χ1v) is 9.36. The first kappa shape index (κ1) is 18.0. The summed E-state index contributed by atoms with van der Waals surface area (Å²) in [6.45, 7) is 3.85. The lowest BCUT2D eigenvalue weighted by Crippen LogP contribution is -2.38. The number of rotatable bonds is 5. The minimum absolute atomic E-state index is 0.0462. The van der Waals surface area contributed by atoms with Crippen LogP contribution in [0.1, 0.15) is 24.5 Å². The van der Waals surface area contributed by atoms with Crippen LogP contribution in [0.5, 0.6) is 0 Å². The highest BCUT2D eigenvalue weighted by Crippen LogP contribution is 2.31. The zero-order chi connectivity index (χ0) is 18.2. The van der Waals surface area contributed by atoms with Gasteiger partial charge in [-0.1, -0.05) is 30.3 Å². The molecule has 0 bridgehead atoms. The summed E-state index contributed by atoms with van der Waals surface area (Å²) in [5.41, 5.74) is 2.10. The van der Waals surface area contributed by atoms with Gasteiger partial charge in [0, 0.05) is 25.6 Å². The van der Waals surface area contributed by atoms with Crippen LogP contribution in [-0.2, 0) is 20.3 Å². The second-order valence-corrected chi connectivity index (χ2v) is 7.78. The molecule has 1 aliphatic rings. The van der Waals surface area contributed by atoms with E-state index in [1.165, 1.54) is 29.3 Å². The Morgan fingerprint density at radius 2 is 1.72 bits per heavy atom. The lowest BCUT2D eigenvalue weighted by Gasteiger charge is -2.28. The molecule has 0 radical (unpaired) electrons. The number of alkyl halides is 2. The van der Waals surface area contributed by atoms with E-state index >= 15 is 0 Å². The fourth-order valence-corrected chi connectivity index (χ4v) is 3.56. The summed E-state index contributed by atoms with van der Waals surface area (Å²) in [5, 5.41) is 1.40. The third-order valence-electron chi connectivity index (χ3n) is 4.22. The summed E-state index contributed by atoms with van der Waals surface area (Å²) in [6, 6.07) is 10.5. The van der Waals surface area contributed by atoms with E-state index in [9.17, 15) is 17.2 Å². The summed E-state index contributed by atoms with van der Waals surface area (Å²) in [6.07, 6.45) is 0.906. The van der Waals surface area contributed by atoms with Crippen molar-refractivity contribution in [1.82, 2.24) is 5.06 Å². The second kappa shape index (κ2) is 6.48. The Kier molecular flexibility index (Phi) is 4.66. The molecule has 0 unspecified atom stereocenters. The van der Waals surface area contributed by atoms with Crippen LogP contribution in [0.4, 0.5) is 8.78 Å². The molecule has 0 saturated carbocycles. The summed E-state index contributed by atoms with van der Waals surface area (Å²) in [4.78, 5) is 0.0462. The van der Waals surface area contributed by atoms with Crippen LogP contribution < -0.4 is 0 Å². The van der Waals surface area contributed by atoms with Gasteiger partial charge in [-0.25, -0.2) is 8.78 Å². The molecule has 2 aromatic carbocycles. The fourth-order valence-electron chi connectivity index (χ4n) is 2.55. The summed E-state index contributed by atoms with van der Waals surface area (Å²) in [7, 11) is -3.89. The topological polar surface area (TPSA) is 46.6 Å². The van der Waals surface area contributed by atoms with Gasteiger partial charge in [-0.05, 0) is 42.2 Å². The lowest BCUT2D eigenvalue weighted by atomic mass is 9.98. The predicted molar refractivity (Wildman–Crippen MR) is 90.6 cm³/mol. The summed E-state index contributed by atoms with van der Waals surface area (Å²) < 4.78 is 56.5. The zero-order valence-corrected chi connectivity index (χ0v) is 14.8. The first-order valence-electron chi connectivity index (χ1n) is 7.96. The van der Waals surface area contributed by atoms with Crippen molar-refractivity contribution in [2.45, 2.75) is 31.1 Å². The molecule has 25 heavy (non-hydrogen) atoms. The lowest BCUT2D eigenvalue weighted by molar-refractivity contribution is -0.101. The average molecular weight is 367 g/mol. The Hall–Kier alpha value is -1.83. The van der Waals surface area contributed by atoms with Gasteiger partial charge < -0.3 is 0 Å². The molecule has 1 aliphatic heterocycles. The Morgan fingerprint density at radius 1 is 1.08 bits per heavy atom. The maximum atomic E-state index is 13.3. The van der Waals surface area contributed by atoms with Crippen LogP contribution in [0.2, 0.25) is 0 Å². The molecule has 0 aliphatic carbocycles. The maximum absolute atomic E-state index is 13.3. The fraction of sp³-hybridized carbons (Fsp3) is 0.333.